The number of morpholine rings is 1. The van der Waals surface area contributed by atoms with E-state index in [9.17, 15) is 4.79 Å². The number of hydrogen-bond acceptors (Lipinski definition) is 4. The molecular formula is C14H14N4O2. The number of carbonyl (C=O) groups is 1. The van der Waals surface area contributed by atoms with Gasteiger partial charge in [-0.15, -0.1) is 0 Å². The molecule has 102 valence electrons. The summed E-state index contributed by atoms with van der Waals surface area (Å²) in [5, 5.41) is 0. The molecule has 20 heavy (non-hydrogen) atoms. The fourth-order valence-electron chi connectivity index (χ4n) is 2.10. The van der Waals surface area contributed by atoms with Crippen molar-refractivity contribution in [2.24, 2.45) is 0 Å². The zero-order valence-electron chi connectivity index (χ0n) is 10.9. The van der Waals surface area contributed by atoms with Crippen molar-refractivity contribution >= 4 is 28.3 Å². The van der Waals surface area contributed by atoms with Crippen LogP contribution in [0.25, 0.3) is 16.6 Å². The van der Waals surface area contributed by atoms with Crippen LogP contribution < -0.4 is 4.90 Å². The highest BCUT2D eigenvalue weighted by atomic mass is 16.5. The summed E-state index contributed by atoms with van der Waals surface area (Å²) in [6.07, 6.45) is 3.37. The first-order valence-corrected chi connectivity index (χ1v) is 6.25. The highest BCUT2D eigenvalue weighted by molar-refractivity contribution is 6.01. The number of carbonyl (C=O) groups excluding carboxylic acids is 1. The van der Waals surface area contributed by atoms with Crippen LogP contribution in [0.5, 0.6) is 0 Å². The molecule has 1 saturated heterocycles. The molecule has 1 aliphatic rings. The van der Waals surface area contributed by atoms with Gasteiger partial charge in [-0.3, -0.25) is 9.69 Å². The molecule has 2 aromatic heterocycles. The molecule has 2 aromatic rings. The van der Waals surface area contributed by atoms with Gasteiger partial charge in [0.05, 0.1) is 18.7 Å². The highest BCUT2D eigenvalue weighted by Gasteiger charge is 2.24. The molecule has 0 spiro atoms. The first-order chi connectivity index (χ1) is 9.70. The van der Waals surface area contributed by atoms with Crippen LogP contribution in [-0.4, -0.2) is 40.6 Å². The van der Waals surface area contributed by atoms with E-state index in [0.29, 0.717) is 30.4 Å². The van der Waals surface area contributed by atoms with Crippen LogP contribution in [0.3, 0.4) is 0 Å². The number of ether oxygens (including phenoxy) is 1. The Kier molecular flexibility index (Phi) is 3.08. The molecule has 0 bridgehead atoms. The van der Waals surface area contributed by atoms with Crippen molar-refractivity contribution in [3.63, 3.8) is 0 Å². The zero-order valence-corrected chi connectivity index (χ0v) is 10.9. The Morgan fingerprint density at radius 3 is 3.10 bits per heavy atom. The minimum Gasteiger partial charge on any atom is -0.370 e. The summed E-state index contributed by atoms with van der Waals surface area (Å²) >= 11 is 0. The van der Waals surface area contributed by atoms with Crippen LogP contribution in [0.15, 0.2) is 31.5 Å². The molecule has 1 amide bonds. The third-order valence-corrected chi connectivity index (χ3v) is 3.16. The maximum atomic E-state index is 12.0. The first-order valence-electron chi connectivity index (χ1n) is 6.25. The molecule has 3 heterocycles. The van der Waals surface area contributed by atoms with Crippen molar-refractivity contribution in [2.75, 3.05) is 24.7 Å². The SMILES string of the molecule is C=CC(=C)c1nc(N2CCOCC2=O)c2[nH]ccc2n1. The van der Waals surface area contributed by atoms with Gasteiger partial charge in [0.2, 0.25) is 0 Å². The smallest absolute Gasteiger partial charge is 0.254 e. The van der Waals surface area contributed by atoms with Crippen molar-refractivity contribution < 1.29 is 9.53 Å². The molecule has 0 unspecified atom stereocenters. The Morgan fingerprint density at radius 2 is 2.35 bits per heavy atom. The minimum absolute atomic E-state index is 0.0734. The second-order valence-corrected chi connectivity index (χ2v) is 4.44. The molecular weight excluding hydrogens is 256 g/mol. The second-order valence-electron chi connectivity index (χ2n) is 4.44. The lowest BCUT2D eigenvalue weighted by molar-refractivity contribution is -0.125. The Hall–Kier alpha value is -2.47. The summed E-state index contributed by atoms with van der Waals surface area (Å²) in [7, 11) is 0. The van der Waals surface area contributed by atoms with E-state index in [-0.39, 0.29) is 12.5 Å². The number of aromatic amines is 1. The number of rotatable bonds is 3. The Labute approximate surface area is 115 Å². The molecule has 1 aliphatic heterocycles. The number of fused-ring (bicyclic) bond motifs is 1. The van der Waals surface area contributed by atoms with Gasteiger partial charge < -0.3 is 9.72 Å². The summed E-state index contributed by atoms with van der Waals surface area (Å²) in [5.74, 6) is 0.925. The van der Waals surface area contributed by atoms with E-state index in [0.717, 1.165) is 11.0 Å². The van der Waals surface area contributed by atoms with E-state index >= 15 is 0 Å². The Bertz CT molecular complexity index is 704. The Morgan fingerprint density at radius 1 is 1.50 bits per heavy atom. The molecule has 3 rings (SSSR count). The fourth-order valence-corrected chi connectivity index (χ4v) is 2.10. The number of allylic oxidation sites excluding steroid dienone is 2. The molecule has 0 radical (unpaired) electrons. The van der Waals surface area contributed by atoms with Crippen LogP contribution in [0, 0.1) is 0 Å². The van der Waals surface area contributed by atoms with Crippen molar-refractivity contribution in [3.8, 4) is 0 Å². The summed E-state index contributed by atoms with van der Waals surface area (Å²) < 4.78 is 5.15. The van der Waals surface area contributed by atoms with Gasteiger partial charge in [-0.1, -0.05) is 19.2 Å². The maximum absolute atomic E-state index is 12.0. The van der Waals surface area contributed by atoms with E-state index < -0.39 is 0 Å². The number of anilines is 1. The van der Waals surface area contributed by atoms with Gasteiger partial charge in [-0.25, -0.2) is 9.97 Å². The molecule has 1 N–H and O–H groups in total. The number of H-pyrrole nitrogens is 1. The van der Waals surface area contributed by atoms with Crippen molar-refractivity contribution in [2.45, 2.75) is 0 Å². The van der Waals surface area contributed by atoms with E-state index in [2.05, 4.69) is 28.1 Å². The third-order valence-electron chi connectivity index (χ3n) is 3.16. The largest absolute Gasteiger partial charge is 0.370 e. The van der Waals surface area contributed by atoms with Gasteiger partial charge in [0.25, 0.3) is 5.91 Å². The average Bonchev–Trinajstić information content (AvgIpc) is 2.94. The van der Waals surface area contributed by atoms with Gasteiger partial charge in [-0.05, 0) is 6.07 Å². The summed E-state index contributed by atoms with van der Waals surface area (Å²) in [4.78, 5) is 25.5. The van der Waals surface area contributed by atoms with Crippen LogP contribution in [0.2, 0.25) is 0 Å². The van der Waals surface area contributed by atoms with E-state index in [1.54, 1.807) is 17.2 Å². The summed E-state index contributed by atoms with van der Waals surface area (Å²) in [5.41, 5.74) is 2.10. The standard InChI is InChI=1S/C14H14N4O2/c1-3-9(2)13-16-10-4-5-15-12(10)14(17-13)18-6-7-20-8-11(18)19/h3-5,15H,1-2,6-8H2. The number of aromatic nitrogens is 3. The number of amides is 1. The van der Waals surface area contributed by atoms with Gasteiger partial charge in [-0.2, -0.15) is 0 Å². The monoisotopic (exact) mass is 270 g/mol. The van der Waals surface area contributed by atoms with Crippen LogP contribution in [0.1, 0.15) is 5.82 Å². The van der Waals surface area contributed by atoms with Gasteiger partial charge in [0.1, 0.15) is 12.1 Å². The molecule has 0 atom stereocenters. The summed E-state index contributed by atoms with van der Waals surface area (Å²) in [6, 6.07) is 1.84. The van der Waals surface area contributed by atoms with E-state index in [4.69, 9.17) is 4.74 Å². The third kappa shape index (κ3) is 2.00. The predicted molar refractivity (Wildman–Crippen MR) is 76.3 cm³/mol. The molecule has 1 fully saturated rings. The quantitative estimate of drug-likeness (QED) is 0.858. The lowest BCUT2D eigenvalue weighted by Gasteiger charge is -2.26. The van der Waals surface area contributed by atoms with Gasteiger partial charge in [0.15, 0.2) is 11.6 Å². The number of nitrogens with zero attached hydrogens (tertiary/aromatic N) is 3. The maximum Gasteiger partial charge on any atom is 0.254 e. The van der Waals surface area contributed by atoms with Gasteiger partial charge in [0, 0.05) is 11.8 Å². The molecule has 0 saturated carbocycles. The lowest BCUT2D eigenvalue weighted by Crippen LogP contribution is -2.42. The van der Waals surface area contributed by atoms with Crippen molar-refractivity contribution in [1.82, 2.24) is 15.0 Å². The normalized spacial score (nSPS) is 15.6. The highest BCUT2D eigenvalue weighted by Crippen LogP contribution is 2.25. The van der Waals surface area contributed by atoms with Crippen molar-refractivity contribution in [3.05, 3.63) is 37.3 Å². The number of hydrogen-bond donors (Lipinski definition) is 1. The second kappa shape index (κ2) is 4.90. The van der Waals surface area contributed by atoms with Crippen molar-refractivity contribution in [1.29, 1.82) is 0 Å². The minimum atomic E-state index is -0.110. The molecule has 0 aromatic carbocycles. The van der Waals surface area contributed by atoms with Gasteiger partial charge >= 0.3 is 0 Å². The lowest BCUT2D eigenvalue weighted by atomic mass is 10.2. The van der Waals surface area contributed by atoms with Crippen LogP contribution in [-0.2, 0) is 9.53 Å². The summed E-state index contributed by atoms with van der Waals surface area (Å²) in [6.45, 7) is 8.58. The van der Waals surface area contributed by atoms with E-state index in [1.165, 1.54) is 0 Å². The predicted octanol–water partition coefficient (Wildman–Crippen LogP) is 1.52. The van der Waals surface area contributed by atoms with Crippen LogP contribution >= 0.6 is 0 Å². The fraction of sp³-hybridized carbons (Fsp3) is 0.214. The molecule has 6 nitrogen and oxygen atoms in total. The molecule has 6 heteroatoms. The topological polar surface area (TPSA) is 71.1 Å². The first kappa shape index (κ1) is 12.6. The Balaban J connectivity index is 2.16. The van der Waals surface area contributed by atoms with Crippen LogP contribution in [0.4, 0.5) is 5.82 Å². The molecule has 0 aliphatic carbocycles. The zero-order chi connectivity index (χ0) is 14.1. The number of nitrogens with one attached hydrogen (secondary N) is 1. The average molecular weight is 270 g/mol. The van der Waals surface area contributed by atoms with E-state index in [1.807, 2.05) is 6.07 Å².